The van der Waals surface area contributed by atoms with E-state index in [0.717, 1.165) is 5.56 Å². The minimum atomic E-state index is -0.162. The zero-order valence-corrected chi connectivity index (χ0v) is 18.6. The number of rotatable bonds is 7. The van der Waals surface area contributed by atoms with Crippen molar-refractivity contribution < 1.29 is 23.7 Å². The first kappa shape index (κ1) is 20.9. The van der Waals surface area contributed by atoms with Crippen LogP contribution in [0.2, 0.25) is 0 Å². The van der Waals surface area contributed by atoms with Crippen LogP contribution in [0.5, 0.6) is 23.0 Å². The van der Waals surface area contributed by atoms with E-state index in [9.17, 15) is 4.79 Å². The molecular weight excluding hydrogens is 446 g/mol. The number of fused-ring (bicyclic) bond motifs is 2. The normalized spacial score (nSPS) is 12.1. The highest BCUT2D eigenvalue weighted by molar-refractivity contribution is 7.99. The van der Waals surface area contributed by atoms with E-state index in [2.05, 4.69) is 20.6 Å². The van der Waals surface area contributed by atoms with E-state index in [4.69, 9.17) is 18.9 Å². The number of carbonyl (C=O) groups is 1. The third-order valence-electron chi connectivity index (χ3n) is 4.89. The van der Waals surface area contributed by atoms with Gasteiger partial charge in [-0.3, -0.25) is 4.79 Å². The molecule has 0 atom stereocenters. The van der Waals surface area contributed by atoms with E-state index in [0.29, 0.717) is 45.2 Å². The number of methoxy groups -OCH3 is 2. The average molecular weight is 465 g/mol. The van der Waals surface area contributed by atoms with Crippen LogP contribution in [0.15, 0.2) is 53.6 Å². The lowest BCUT2D eigenvalue weighted by atomic mass is 10.2. The van der Waals surface area contributed by atoms with Crippen LogP contribution in [0.1, 0.15) is 0 Å². The second kappa shape index (κ2) is 8.87. The van der Waals surface area contributed by atoms with Gasteiger partial charge < -0.3 is 24.3 Å². The van der Waals surface area contributed by atoms with Crippen LogP contribution in [0.4, 0.5) is 5.69 Å². The highest BCUT2D eigenvalue weighted by Gasteiger charge is 2.16. The van der Waals surface area contributed by atoms with Crippen molar-refractivity contribution >= 4 is 29.0 Å². The zero-order chi connectivity index (χ0) is 22.8. The van der Waals surface area contributed by atoms with Gasteiger partial charge in [-0.1, -0.05) is 11.8 Å². The van der Waals surface area contributed by atoms with Gasteiger partial charge in [-0.05, 0) is 42.5 Å². The molecule has 1 aliphatic rings. The predicted molar refractivity (Wildman–Crippen MR) is 121 cm³/mol. The fourth-order valence-electron chi connectivity index (χ4n) is 3.32. The molecule has 168 valence electrons. The van der Waals surface area contributed by atoms with Gasteiger partial charge in [0.05, 0.1) is 20.0 Å². The molecule has 0 radical (unpaired) electrons. The van der Waals surface area contributed by atoms with Crippen LogP contribution >= 0.6 is 11.8 Å². The molecule has 0 saturated heterocycles. The lowest BCUT2D eigenvalue weighted by Gasteiger charge is -2.09. The van der Waals surface area contributed by atoms with E-state index < -0.39 is 0 Å². The summed E-state index contributed by atoms with van der Waals surface area (Å²) in [6, 6.07) is 14.4. The molecule has 0 aliphatic carbocycles. The van der Waals surface area contributed by atoms with Crippen molar-refractivity contribution in [1.82, 2.24) is 19.8 Å². The first-order valence-corrected chi connectivity index (χ1v) is 10.9. The molecular formula is C22H19N5O5S. The topological polar surface area (TPSA) is 109 Å². The highest BCUT2D eigenvalue weighted by Crippen LogP contribution is 2.34. The quantitative estimate of drug-likeness (QED) is 0.411. The maximum atomic E-state index is 12.4. The molecule has 33 heavy (non-hydrogen) atoms. The second-order valence-corrected chi connectivity index (χ2v) is 7.94. The Morgan fingerprint density at radius 3 is 2.73 bits per heavy atom. The van der Waals surface area contributed by atoms with Crippen molar-refractivity contribution in [3.8, 4) is 34.4 Å². The maximum absolute atomic E-state index is 12.4. The van der Waals surface area contributed by atoms with Crippen LogP contribution in [-0.4, -0.2) is 52.5 Å². The number of ether oxygens (including phenoxy) is 4. The Labute approximate surface area is 192 Å². The molecule has 10 nitrogen and oxygen atoms in total. The second-order valence-electron chi connectivity index (χ2n) is 6.94. The Bertz CT molecular complexity index is 1340. The van der Waals surface area contributed by atoms with E-state index in [-0.39, 0.29) is 18.5 Å². The first-order valence-electron chi connectivity index (χ1n) is 9.92. The average Bonchev–Trinajstić information content (AvgIpc) is 3.48. The van der Waals surface area contributed by atoms with E-state index in [1.165, 1.54) is 11.8 Å². The maximum Gasteiger partial charge on any atom is 0.234 e. The van der Waals surface area contributed by atoms with Crippen LogP contribution in [0.3, 0.4) is 0 Å². The largest absolute Gasteiger partial charge is 0.493 e. The van der Waals surface area contributed by atoms with Crippen molar-refractivity contribution in [2.45, 2.75) is 5.03 Å². The summed E-state index contributed by atoms with van der Waals surface area (Å²) in [6.45, 7) is 0.186. The number of amides is 1. The molecule has 2 aromatic heterocycles. The molecule has 1 N–H and O–H groups in total. The fraction of sp³-hybridized carbons (Fsp3) is 0.182. The van der Waals surface area contributed by atoms with Gasteiger partial charge >= 0.3 is 0 Å². The number of thioether (sulfide) groups is 1. The third kappa shape index (κ3) is 4.22. The Balaban J connectivity index is 1.31. The number of nitrogens with one attached hydrogen (secondary N) is 1. The Kier molecular flexibility index (Phi) is 5.61. The predicted octanol–water partition coefficient (Wildman–Crippen LogP) is 3.27. The van der Waals surface area contributed by atoms with E-state index in [1.807, 2.05) is 18.2 Å². The molecule has 0 unspecified atom stereocenters. The Hall–Kier alpha value is -3.99. The van der Waals surface area contributed by atoms with Crippen LogP contribution in [-0.2, 0) is 4.79 Å². The number of aromatic nitrogens is 4. The third-order valence-corrected chi connectivity index (χ3v) is 5.81. The molecule has 0 saturated carbocycles. The lowest BCUT2D eigenvalue weighted by molar-refractivity contribution is -0.113. The fourth-order valence-corrected chi connectivity index (χ4v) is 3.97. The molecule has 11 heteroatoms. The molecule has 1 aliphatic heterocycles. The summed E-state index contributed by atoms with van der Waals surface area (Å²) in [5, 5.41) is 16.6. The van der Waals surface area contributed by atoms with Gasteiger partial charge in [0.2, 0.25) is 12.7 Å². The van der Waals surface area contributed by atoms with Gasteiger partial charge in [0.25, 0.3) is 0 Å². The van der Waals surface area contributed by atoms with E-state index in [1.54, 1.807) is 49.1 Å². The number of carbonyl (C=O) groups excluding carboxylic acids is 1. The van der Waals surface area contributed by atoms with Crippen LogP contribution in [0.25, 0.3) is 17.0 Å². The Morgan fingerprint density at radius 2 is 1.88 bits per heavy atom. The van der Waals surface area contributed by atoms with Crippen molar-refractivity contribution in [2.24, 2.45) is 0 Å². The SMILES string of the molecule is COc1ccc(-c2nnc3ccc(SCC(=O)Nc4ccc5c(c4)OCO5)nn23)cc1OC. The van der Waals surface area contributed by atoms with Crippen molar-refractivity contribution in [3.05, 3.63) is 48.5 Å². The first-order chi connectivity index (χ1) is 16.1. The summed E-state index contributed by atoms with van der Waals surface area (Å²) in [5.41, 5.74) is 2.01. The monoisotopic (exact) mass is 465 g/mol. The summed E-state index contributed by atoms with van der Waals surface area (Å²) in [6.07, 6.45) is 0. The number of benzene rings is 2. The summed E-state index contributed by atoms with van der Waals surface area (Å²) in [5.74, 6) is 3.05. The molecule has 4 aromatic rings. The van der Waals surface area contributed by atoms with E-state index >= 15 is 0 Å². The number of nitrogens with zero attached hydrogens (tertiary/aromatic N) is 4. The number of hydrogen-bond acceptors (Lipinski definition) is 9. The summed E-state index contributed by atoms with van der Waals surface area (Å²) >= 11 is 1.31. The van der Waals surface area contributed by atoms with Gasteiger partial charge in [-0.25, -0.2) is 0 Å². The van der Waals surface area contributed by atoms with Crippen LogP contribution < -0.4 is 24.3 Å². The van der Waals surface area contributed by atoms with Crippen LogP contribution in [0, 0.1) is 0 Å². The summed E-state index contributed by atoms with van der Waals surface area (Å²) < 4.78 is 22.9. The molecule has 0 bridgehead atoms. The minimum absolute atomic E-state index is 0.162. The summed E-state index contributed by atoms with van der Waals surface area (Å²) in [7, 11) is 3.16. The van der Waals surface area contributed by atoms with Crippen molar-refractivity contribution in [2.75, 3.05) is 32.1 Å². The number of anilines is 1. The van der Waals surface area contributed by atoms with Crippen molar-refractivity contribution in [1.29, 1.82) is 0 Å². The van der Waals surface area contributed by atoms with Gasteiger partial charge in [0.1, 0.15) is 5.03 Å². The zero-order valence-electron chi connectivity index (χ0n) is 17.8. The highest BCUT2D eigenvalue weighted by atomic mass is 32.2. The van der Waals surface area contributed by atoms with Gasteiger partial charge in [0, 0.05) is 17.3 Å². The van der Waals surface area contributed by atoms with Gasteiger partial charge in [-0.15, -0.1) is 10.2 Å². The van der Waals surface area contributed by atoms with Crippen molar-refractivity contribution in [3.63, 3.8) is 0 Å². The smallest absolute Gasteiger partial charge is 0.234 e. The van der Waals surface area contributed by atoms with Gasteiger partial charge in [-0.2, -0.15) is 9.61 Å². The summed E-state index contributed by atoms with van der Waals surface area (Å²) in [4.78, 5) is 12.4. The molecule has 1 amide bonds. The standard InChI is InChI=1S/C22H19N5O5S/c1-29-15-5-3-13(9-17(15)30-2)22-25-24-19-7-8-21(26-27(19)22)33-11-20(28)23-14-4-6-16-18(10-14)32-12-31-16/h3-10H,11-12H2,1-2H3,(H,23,28). The molecule has 5 rings (SSSR count). The number of hydrogen-bond donors (Lipinski definition) is 1. The molecule has 3 heterocycles. The van der Waals surface area contributed by atoms with Gasteiger partial charge in [0.15, 0.2) is 34.5 Å². The molecule has 0 spiro atoms. The molecule has 2 aromatic carbocycles. The minimum Gasteiger partial charge on any atom is -0.493 e. The Morgan fingerprint density at radius 1 is 1.03 bits per heavy atom. The molecule has 0 fully saturated rings. The lowest BCUT2D eigenvalue weighted by Crippen LogP contribution is -2.14.